The molecule has 0 bridgehead atoms. The van der Waals surface area contributed by atoms with Crippen LogP contribution in [0.4, 0.5) is 0 Å². The second-order valence-electron chi connectivity index (χ2n) is 4.19. The molecule has 0 amide bonds. The SMILES string of the molecule is C[CH-]CCCC(C)CC(C)CC.[CH3-].[Y]. The van der Waals surface area contributed by atoms with E-state index in [0.717, 1.165) is 11.8 Å². The summed E-state index contributed by atoms with van der Waals surface area (Å²) < 4.78 is 0. The Morgan fingerprint density at radius 3 is 2.14 bits per heavy atom. The van der Waals surface area contributed by atoms with Gasteiger partial charge in [0.1, 0.15) is 0 Å². The average Bonchev–Trinajstić information content (AvgIpc) is 2.05. The van der Waals surface area contributed by atoms with E-state index in [1.165, 1.54) is 32.1 Å². The molecule has 0 N–H and O–H groups in total. The smallest absolute Gasteiger partial charge is 0 e. The zero-order chi connectivity index (χ0) is 9.40. The van der Waals surface area contributed by atoms with Gasteiger partial charge in [0.15, 0.2) is 0 Å². The van der Waals surface area contributed by atoms with Crippen LogP contribution >= 0.6 is 0 Å². The quantitative estimate of drug-likeness (QED) is 0.457. The third-order valence-corrected chi connectivity index (χ3v) is 2.69. The molecule has 0 aliphatic carbocycles. The van der Waals surface area contributed by atoms with Crippen molar-refractivity contribution in [3.8, 4) is 0 Å². The molecule has 14 heavy (non-hydrogen) atoms. The van der Waals surface area contributed by atoms with Gasteiger partial charge in [0.05, 0.1) is 0 Å². The second-order valence-corrected chi connectivity index (χ2v) is 4.19. The zero-order valence-corrected chi connectivity index (χ0v) is 13.7. The fraction of sp³-hybridized carbons (Fsp3) is 0.846. The molecule has 0 aliphatic heterocycles. The van der Waals surface area contributed by atoms with Crippen molar-refractivity contribution < 1.29 is 32.7 Å². The molecule has 0 rings (SSSR count). The van der Waals surface area contributed by atoms with Crippen LogP contribution in [0, 0.1) is 25.7 Å². The van der Waals surface area contributed by atoms with Crippen molar-refractivity contribution in [2.45, 2.75) is 59.8 Å². The van der Waals surface area contributed by atoms with Crippen molar-refractivity contribution >= 4 is 0 Å². The Morgan fingerprint density at radius 1 is 1.14 bits per heavy atom. The molecule has 0 aliphatic rings. The molecule has 1 radical (unpaired) electrons. The van der Waals surface area contributed by atoms with Crippen molar-refractivity contribution in [3.63, 3.8) is 0 Å². The van der Waals surface area contributed by atoms with Crippen molar-refractivity contribution in [2.75, 3.05) is 0 Å². The molecule has 2 unspecified atom stereocenters. The van der Waals surface area contributed by atoms with E-state index in [1.54, 1.807) is 0 Å². The van der Waals surface area contributed by atoms with Crippen LogP contribution in [0.1, 0.15) is 59.8 Å². The van der Waals surface area contributed by atoms with Gasteiger partial charge in [-0.25, -0.2) is 0 Å². The van der Waals surface area contributed by atoms with Gasteiger partial charge in [0.25, 0.3) is 0 Å². The van der Waals surface area contributed by atoms with Crippen molar-refractivity contribution in [1.29, 1.82) is 0 Å². The fourth-order valence-corrected chi connectivity index (χ4v) is 1.64. The van der Waals surface area contributed by atoms with Crippen LogP contribution in [0.15, 0.2) is 0 Å². The Kier molecular flexibility index (Phi) is 20.7. The summed E-state index contributed by atoms with van der Waals surface area (Å²) in [4.78, 5) is 0. The Hall–Kier alpha value is 1.10. The monoisotopic (exact) mass is 273 g/mol. The number of unbranched alkanes of at least 4 members (excludes halogenated alkanes) is 2. The van der Waals surface area contributed by atoms with E-state index in [4.69, 9.17) is 0 Å². The molecule has 0 saturated heterocycles. The first-order chi connectivity index (χ1) is 5.70. The third-order valence-electron chi connectivity index (χ3n) is 2.69. The fourth-order valence-electron chi connectivity index (χ4n) is 1.64. The molecular weight excluding hydrogens is 245 g/mol. The summed E-state index contributed by atoms with van der Waals surface area (Å²) in [6.45, 7) is 9.20. The first-order valence-corrected chi connectivity index (χ1v) is 5.48. The summed E-state index contributed by atoms with van der Waals surface area (Å²) in [5.74, 6) is 1.85. The maximum absolute atomic E-state index is 2.39. The molecule has 0 aromatic heterocycles. The minimum atomic E-state index is 0. The Morgan fingerprint density at radius 2 is 1.71 bits per heavy atom. The largest absolute Gasteiger partial charge is 0.358 e. The van der Waals surface area contributed by atoms with E-state index in [-0.39, 0.29) is 40.1 Å². The van der Waals surface area contributed by atoms with Crippen LogP contribution in [0.5, 0.6) is 0 Å². The van der Waals surface area contributed by atoms with E-state index >= 15 is 0 Å². The molecule has 0 spiro atoms. The van der Waals surface area contributed by atoms with Gasteiger partial charge >= 0.3 is 0 Å². The first kappa shape index (κ1) is 20.5. The molecule has 85 valence electrons. The average molecular weight is 273 g/mol. The zero-order valence-electron chi connectivity index (χ0n) is 10.8. The molecule has 0 fully saturated rings. The predicted octanol–water partition coefficient (Wildman–Crippen LogP) is 4.90. The molecule has 1 heteroatoms. The summed E-state index contributed by atoms with van der Waals surface area (Å²) in [5.41, 5.74) is 0. The predicted molar refractivity (Wildman–Crippen MR) is 63.5 cm³/mol. The van der Waals surface area contributed by atoms with Crippen LogP contribution in [-0.4, -0.2) is 0 Å². The number of hydrogen-bond donors (Lipinski definition) is 0. The first-order valence-electron chi connectivity index (χ1n) is 5.48. The van der Waals surface area contributed by atoms with Gasteiger partial charge in [-0.2, -0.15) is 13.3 Å². The van der Waals surface area contributed by atoms with E-state index in [0.29, 0.717) is 0 Å². The summed E-state index contributed by atoms with van der Waals surface area (Å²) >= 11 is 0. The molecule has 0 heterocycles. The second kappa shape index (κ2) is 14.1. The van der Waals surface area contributed by atoms with Crippen LogP contribution < -0.4 is 0 Å². The summed E-state index contributed by atoms with van der Waals surface area (Å²) in [6, 6.07) is 0. The van der Waals surface area contributed by atoms with Crippen molar-refractivity contribution in [1.82, 2.24) is 0 Å². The van der Waals surface area contributed by atoms with E-state index < -0.39 is 0 Å². The van der Waals surface area contributed by atoms with Crippen LogP contribution in [0.25, 0.3) is 0 Å². The van der Waals surface area contributed by atoms with Gasteiger partial charge < -0.3 is 13.8 Å². The van der Waals surface area contributed by atoms with Crippen LogP contribution in [-0.2, 0) is 32.7 Å². The van der Waals surface area contributed by atoms with Gasteiger partial charge in [-0.1, -0.05) is 40.0 Å². The van der Waals surface area contributed by atoms with Crippen molar-refractivity contribution in [3.05, 3.63) is 13.8 Å². The van der Waals surface area contributed by atoms with Gasteiger partial charge in [-0.05, 0) is 18.3 Å². The Bertz CT molecular complexity index is 91.2. The minimum Gasteiger partial charge on any atom is -0.358 e. The number of hydrogen-bond acceptors (Lipinski definition) is 0. The van der Waals surface area contributed by atoms with Crippen LogP contribution in [0.3, 0.4) is 0 Å². The standard InChI is InChI=1S/C12H25.CH3.Y/c1-5-7-8-9-12(4)10-11(3)6-2;;/h5,11-12H,6-10H2,1-4H3;1H3;/q2*-1;. The van der Waals surface area contributed by atoms with Crippen molar-refractivity contribution in [2.24, 2.45) is 11.8 Å². The maximum Gasteiger partial charge on any atom is 0 e. The van der Waals surface area contributed by atoms with Crippen LogP contribution in [0.2, 0.25) is 0 Å². The minimum absolute atomic E-state index is 0. The van der Waals surface area contributed by atoms with E-state index in [2.05, 4.69) is 34.1 Å². The Labute approximate surface area is 118 Å². The van der Waals surface area contributed by atoms with E-state index in [1.807, 2.05) is 0 Å². The molecule has 0 aromatic rings. The van der Waals surface area contributed by atoms with Gasteiger partial charge in [-0.15, -0.1) is 0 Å². The maximum atomic E-state index is 2.39. The molecule has 0 nitrogen and oxygen atoms in total. The summed E-state index contributed by atoms with van der Waals surface area (Å²) in [7, 11) is 0. The third kappa shape index (κ3) is 13.1. The van der Waals surface area contributed by atoms with Gasteiger partial charge in [-0.3, -0.25) is 0 Å². The Balaban J connectivity index is -0.000000605. The molecular formula is C13H28Y-2. The number of rotatable bonds is 7. The molecule has 0 aromatic carbocycles. The molecule has 2 atom stereocenters. The van der Waals surface area contributed by atoms with E-state index in [9.17, 15) is 0 Å². The molecule has 0 saturated carbocycles. The summed E-state index contributed by atoms with van der Waals surface area (Å²) in [6.07, 6.45) is 9.12. The topological polar surface area (TPSA) is 0 Å². The van der Waals surface area contributed by atoms with Gasteiger partial charge in [0.2, 0.25) is 0 Å². The van der Waals surface area contributed by atoms with Gasteiger partial charge in [0, 0.05) is 32.7 Å². The normalized spacial score (nSPS) is 13.7. The summed E-state index contributed by atoms with van der Waals surface area (Å²) in [5, 5.41) is 0.